The zero-order valence-electron chi connectivity index (χ0n) is 14.5. The number of benzene rings is 2. The van der Waals surface area contributed by atoms with Gasteiger partial charge in [-0.15, -0.1) is 0 Å². The minimum absolute atomic E-state index is 0.0390. The van der Waals surface area contributed by atoms with Crippen LogP contribution < -0.4 is 5.32 Å². The Balaban J connectivity index is 1.75. The zero-order valence-corrected chi connectivity index (χ0v) is 15.3. The zero-order chi connectivity index (χ0) is 19.2. The first-order valence-corrected chi connectivity index (χ1v) is 8.60. The number of para-hydroxylation sites is 2. The Hall–Kier alpha value is -3.12. The number of halogens is 1. The van der Waals surface area contributed by atoms with Crippen LogP contribution in [0.2, 0.25) is 5.02 Å². The molecule has 0 aliphatic rings. The second kappa shape index (κ2) is 8.51. The molecule has 0 saturated carbocycles. The van der Waals surface area contributed by atoms with Crippen molar-refractivity contribution in [1.82, 2.24) is 10.3 Å². The molecule has 6 nitrogen and oxygen atoms in total. The van der Waals surface area contributed by atoms with Crippen molar-refractivity contribution < 1.29 is 18.7 Å². The molecule has 1 heterocycles. The van der Waals surface area contributed by atoms with E-state index in [0.717, 1.165) is 0 Å². The van der Waals surface area contributed by atoms with Crippen molar-refractivity contribution in [1.29, 1.82) is 0 Å². The van der Waals surface area contributed by atoms with Crippen LogP contribution in [0, 0.1) is 0 Å². The standard InChI is InChI=1S/C20H17ClN2O4/c1-26-20(25)12-16(13-6-2-3-7-14(13)21)22-18(24)10-11-19-23-15-8-4-5-9-17(15)27-19/h2-11,16H,12H2,1H3,(H,22,24)/b11-10+. The average Bonchev–Trinajstić information content (AvgIpc) is 3.09. The number of hydrogen-bond acceptors (Lipinski definition) is 5. The van der Waals surface area contributed by atoms with Crippen LogP contribution in [0.15, 0.2) is 59.0 Å². The van der Waals surface area contributed by atoms with E-state index in [1.54, 1.807) is 30.3 Å². The summed E-state index contributed by atoms with van der Waals surface area (Å²) >= 11 is 6.20. The molecule has 0 fully saturated rings. The molecular formula is C20H17ClN2O4. The molecule has 3 aromatic rings. The summed E-state index contributed by atoms with van der Waals surface area (Å²) in [5, 5.41) is 3.22. The molecule has 0 spiro atoms. The lowest BCUT2D eigenvalue weighted by atomic mass is 10.0. The second-order valence-corrected chi connectivity index (χ2v) is 6.12. The smallest absolute Gasteiger partial charge is 0.307 e. The molecule has 3 rings (SSSR count). The SMILES string of the molecule is COC(=O)CC(NC(=O)/C=C/c1nc2ccccc2o1)c1ccccc1Cl. The predicted molar refractivity (Wildman–Crippen MR) is 102 cm³/mol. The summed E-state index contributed by atoms with van der Waals surface area (Å²) in [5.74, 6) is -0.553. The van der Waals surface area contributed by atoms with E-state index in [0.29, 0.717) is 27.6 Å². The molecule has 1 amide bonds. The Bertz CT molecular complexity index is 963. The van der Waals surface area contributed by atoms with E-state index in [1.165, 1.54) is 19.3 Å². The van der Waals surface area contributed by atoms with E-state index in [4.69, 9.17) is 20.8 Å². The lowest BCUT2D eigenvalue weighted by molar-refractivity contribution is -0.141. The largest absolute Gasteiger partial charge is 0.469 e. The molecule has 1 aromatic heterocycles. The summed E-state index contributed by atoms with van der Waals surface area (Å²) in [6.07, 6.45) is 2.73. The molecule has 7 heteroatoms. The van der Waals surface area contributed by atoms with E-state index in [-0.39, 0.29) is 6.42 Å². The first kappa shape index (κ1) is 18.7. The van der Waals surface area contributed by atoms with Gasteiger partial charge in [0.05, 0.1) is 19.6 Å². The molecule has 0 saturated heterocycles. The Labute approximate surface area is 160 Å². The van der Waals surface area contributed by atoms with E-state index in [2.05, 4.69) is 10.3 Å². The number of aromatic nitrogens is 1. The highest BCUT2D eigenvalue weighted by atomic mass is 35.5. The number of amides is 1. The van der Waals surface area contributed by atoms with Crippen molar-refractivity contribution in [2.45, 2.75) is 12.5 Å². The Morgan fingerprint density at radius 2 is 1.96 bits per heavy atom. The van der Waals surface area contributed by atoms with Gasteiger partial charge in [0.2, 0.25) is 11.8 Å². The van der Waals surface area contributed by atoms with Gasteiger partial charge in [0.1, 0.15) is 5.52 Å². The fourth-order valence-electron chi connectivity index (χ4n) is 2.57. The number of oxazole rings is 1. The summed E-state index contributed by atoms with van der Waals surface area (Å²) in [6.45, 7) is 0. The number of hydrogen-bond donors (Lipinski definition) is 1. The Morgan fingerprint density at radius 1 is 1.22 bits per heavy atom. The number of carbonyl (C=O) groups excluding carboxylic acids is 2. The highest BCUT2D eigenvalue weighted by Gasteiger charge is 2.20. The molecule has 1 atom stereocenters. The number of nitrogens with one attached hydrogen (secondary N) is 1. The molecular weight excluding hydrogens is 368 g/mol. The first-order valence-electron chi connectivity index (χ1n) is 8.22. The second-order valence-electron chi connectivity index (χ2n) is 5.72. The summed E-state index contributed by atoms with van der Waals surface area (Å²) < 4.78 is 10.2. The number of ether oxygens (including phenoxy) is 1. The van der Waals surface area contributed by atoms with Crippen LogP contribution in [0.25, 0.3) is 17.2 Å². The predicted octanol–water partition coefficient (Wildman–Crippen LogP) is 3.92. The number of rotatable bonds is 6. The average molecular weight is 385 g/mol. The Kier molecular flexibility index (Phi) is 5.88. The van der Waals surface area contributed by atoms with Crippen molar-refractivity contribution in [2.24, 2.45) is 0 Å². The van der Waals surface area contributed by atoms with Crippen molar-refractivity contribution >= 4 is 40.7 Å². The maximum absolute atomic E-state index is 12.3. The van der Waals surface area contributed by atoms with Gasteiger partial charge in [0.25, 0.3) is 0 Å². The fourth-order valence-corrected chi connectivity index (χ4v) is 2.84. The van der Waals surface area contributed by atoms with Gasteiger partial charge in [-0.3, -0.25) is 9.59 Å². The van der Waals surface area contributed by atoms with Crippen molar-refractivity contribution in [3.63, 3.8) is 0 Å². The maximum atomic E-state index is 12.3. The lowest BCUT2D eigenvalue weighted by Crippen LogP contribution is -2.29. The van der Waals surface area contributed by atoms with Gasteiger partial charge in [-0.1, -0.05) is 41.9 Å². The van der Waals surface area contributed by atoms with Gasteiger partial charge in [-0.05, 0) is 23.8 Å². The minimum atomic E-state index is -0.619. The third kappa shape index (κ3) is 4.74. The Morgan fingerprint density at radius 3 is 2.70 bits per heavy atom. The number of carbonyl (C=O) groups is 2. The van der Waals surface area contributed by atoms with Gasteiger partial charge in [0.15, 0.2) is 5.58 Å². The van der Waals surface area contributed by atoms with Gasteiger partial charge < -0.3 is 14.5 Å². The van der Waals surface area contributed by atoms with Crippen LogP contribution in [-0.4, -0.2) is 24.0 Å². The van der Waals surface area contributed by atoms with Crippen LogP contribution in [0.1, 0.15) is 23.9 Å². The normalized spacial score (nSPS) is 12.2. The van der Waals surface area contributed by atoms with Gasteiger partial charge in [-0.25, -0.2) is 4.98 Å². The third-order valence-corrected chi connectivity index (χ3v) is 4.23. The molecule has 0 bridgehead atoms. The van der Waals surface area contributed by atoms with Gasteiger partial charge in [-0.2, -0.15) is 0 Å². The minimum Gasteiger partial charge on any atom is -0.469 e. The molecule has 27 heavy (non-hydrogen) atoms. The van der Waals surface area contributed by atoms with E-state index < -0.39 is 17.9 Å². The van der Waals surface area contributed by atoms with Crippen LogP contribution in [0.4, 0.5) is 0 Å². The number of fused-ring (bicyclic) bond motifs is 1. The highest BCUT2D eigenvalue weighted by Crippen LogP contribution is 2.25. The molecule has 0 radical (unpaired) electrons. The number of methoxy groups -OCH3 is 1. The van der Waals surface area contributed by atoms with E-state index in [1.807, 2.05) is 18.2 Å². The molecule has 1 unspecified atom stereocenters. The van der Waals surface area contributed by atoms with E-state index >= 15 is 0 Å². The maximum Gasteiger partial charge on any atom is 0.307 e. The molecule has 2 aromatic carbocycles. The van der Waals surface area contributed by atoms with Gasteiger partial charge >= 0.3 is 5.97 Å². The molecule has 0 aliphatic heterocycles. The fraction of sp³-hybridized carbons (Fsp3) is 0.150. The van der Waals surface area contributed by atoms with Crippen molar-refractivity contribution in [3.8, 4) is 0 Å². The molecule has 0 aliphatic carbocycles. The first-order chi connectivity index (χ1) is 13.1. The number of esters is 1. The summed E-state index contributed by atoms with van der Waals surface area (Å²) in [5.41, 5.74) is 1.97. The summed E-state index contributed by atoms with van der Waals surface area (Å²) in [4.78, 5) is 28.3. The highest BCUT2D eigenvalue weighted by molar-refractivity contribution is 6.31. The van der Waals surface area contributed by atoms with Crippen LogP contribution >= 0.6 is 11.6 Å². The van der Waals surface area contributed by atoms with Crippen LogP contribution in [0.3, 0.4) is 0 Å². The topological polar surface area (TPSA) is 81.4 Å². The summed E-state index contributed by atoms with van der Waals surface area (Å²) in [6, 6.07) is 13.7. The monoisotopic (exact) mass is 384 g/mol. The molecule has 1 N–H and O–H groups in total. The van der Waals surface area contributed by atoms with E-state index in [9.17, 15) is 9.59 Å². The van der Waals surface area contributed by atoms with Crippen LogP contribution in [0.5, 0.6) is 0 Å². The number of nitrogens with zero attached hydrogens (tertiary/aromatic N) is 1. The third-order valence-electron chi connectivity index (χ3n) is 3.88. The van der Waals surface area contributed by atoms with Crippen molar-refractivity contribution in [2.75, 3.05) is 7.11 Å². The quantitative estimate of drug-likeness (QED) is 0.514. The molecule has 138 valence electrons. The lowest BCUT2D eigenvalue weighted by Gasteiger charge is -2.18. The van der Waals surface area contributed by atoms with Crippen LogP contribution in [-0.2, 0) is 14.3 Å². The van der Waals surface area contributed by atoms with Gasteiger partial charge in [0, 0.05) is 17.2 Å². The summed E-state index contributed by atoms with van der Waals surface area (Å²) in [7, 11) is 1.29. The van der Waals surface area contributed by atoms with Crippen molar-refractivity contribution in [3.05, 3.63) is 71.1 Å².